The fraction of sp³-hybridized carbons (Fsp3) is 0.500. The number of hydrogen-bond acceptors (Lipinski definition) is 3. The van der Waals surface area contributed by atoms with Crippen molar-refractivity contribution in [3.63, 3.8) is 0 Å². The molecule has 18 heavy (non-hydrogen) atoms. The molecule has 0 unspecified atom stereocenters. The number of anilines is 1. The lowest BCUT2D eigenvalue weighted by molar-refractivity contribution is -0.274. The monoisotopic (exact) mass is 263 g/mol. The molecule has 0 radical (unpaired) electrons. The van der Waals surface area contributed by atoms with Crippen molar-refractivity contribution in [1.82, 2.24) is 0 Å². The summed E-state index contributed by atoms with van der Waals surface area (Å²) >= 11 is 0. The molecule has 0 heterocycles. The minimum absolute atomic E-state index is 0.254. The van der Waals surface area contributed by atoms with E-state index in [4.69, 9.17) is 0 Å². The van der Waals surface area contributed by atoms with Crippen LogP contribution in [0.25, 0.3) is 0 Å². The van der Waals surface area contributed by atoms with Crippen molar-refractivity contribution in [1.29, 1.82) is 0 Å². The van der Waals surface area contributed by atoms with Gasteiger partial charge in [0.05, 0.1) is 5.60 Å². The normalized spacial score (nSPS) is 12.3. The third-order valence-corrected chi connectivity index (χ3v) is 2.15. The summed E-state index contributed by atoms with van der Waals surface area (Å²) in [5.41, 5.74) is -0.0967. The first-order valence-corrected chi connectivity index (χ1v) is 5.48. The van der Waals surface area contributed by atoms with E-state index in [0.29, 0.717) is 18.7 Å². The summed E-state index contributed by atoms with van der Waals surface area (Å²) in [6, 6.07) is 5.46. The second kappa shape index (κ2) is 5.48. The number of benzene rings is 1. The van der Waals surface area contributed by atoms with Gasteiger partial charge in [-0.3, -0.25) is 0 Å². The Balaban J connectivity index is 2.46. The molecule has 1 rings (SSSR count). The molecule has 3 nitrogen and oxygen atoms in total. The molecule has 0 spiro atoms. The second-order valence-electron chi connectivity index (χ2n) is 4.56. The number of nitrogens with one attached hydrogen (secondary N) is 1. The molecule has 0 aliphatic heterocycles. The van der Waals surface area contributed by atoms with Gasteiger partial charge in [0.1, 0.15) is 5.75 Å². The number of hydrogen-bond donors (Lipinski definition) is 2. The molecule has 0 atom stereocenters. The number of aliphatic hydroxyl groups is 1. The SMILES string of the molecule is CC(C)(O)CCNc1ccc(OC(F)(F)F)cc1. The number of rotatable bonds is 5. The highest BCUT2D eigenvalue weighted by Gasteiger charge is 2.30. The van der Waals surface area contributed by atoms with Crippen LogP contribution in [-0.4, -0.2) is 23.6 Å². The number of alkyl halides is 3. The first-order chi connectivity index (χ1) is 8.16. The summed E-state index contributed by atoms with van der Waals surface area (Å²) in [6.45, 7) is 3.91. The van der Waals surface area contributed by atoms with E-state index in [-0.39, 0.29) is 5.75 Å². The third kappa shape index (κ3) is 6.34. The summed E-state index contributed by atoms with van der Waals surface area (Å²) < 4.78 is 39.5. The largest absolute Gasteiger partial charge is 0.573 e. The Morgan fingerprint density at radius 3 is 2.17 bits per heavy atom. The highest BCUT2D eigenvalue weighted by Crippen LogP contribution is 2.24. The van der Waals surface area contributed by atoms with Gasteiger partial charge in [-0.25, -0.2) is 0 Å². The van der Waals surface area contributed by atoms with Crippen LogP contribution in [0.15, 0.2) is 24.3 Å². The standard InChI is InChI=1S/C12H16F3NO2/c1-11(2,17)7-8-16-9-3-5-10(6-4-9)18-12(13,14)15/h3-6,16-17H,7-8H2,1-2H3. The summed E-state index contributed by atoms with van der Waals surface area (Å²) in [5.74, 6) is -0.254. The van der Waals surface area contributed by atoms with Gasteiger partial charge in [-0.15, -0.1) is 13.2 Å². The van der Waals surface area contributed by atoms with Crippen LogP contribution in [0.3, 0.4) is 0 Å². The van der Waals surface area contributed by atoms with Gasteiger partial charge in [0.2, 0.25) is 0 Å². The average molecular weight is 263 g/mol. The lowest BCUT2D eigenvalue weighted by atomic mass is 10.1. The van der Waals surface area contributed by atoms with E-state index < -0.39 is 12.0 Å². The summed E-state index contributed by atoms with van der Waals surface area (Å²) in [7, 11) is 0. The first-order valence-electron chi connectivity index (χ1n) is 5.48. The van der Waals surface area contributed by atoms with Gasteiger partial charge in [0.15, 0.2) is 0 Å². The molecule has 1 aromatic carbocycles. The zero-order chi connectivity index (χ0) is 13.8. The number of halogens is 3. The summed E-state index contributed by atoms with van der Waals surface area (Å²) in [6.07, 6.45) is -4.14. The van der Waals surface area contributed by atoms with Crippen molar-refractivity contribution >= 4 is 5.69 Å². The summed E-state index contributed by atoms with van der Waals surface area (Å²) in [5, 5.41) is 12.5. The smallest absolute Gasteiger partial charge is 0.406 e. The van der Waals surface area contributed by atoms with Crippen LogP contribution in [0.4, 0.5) is 18.9 Å². The van der Waals surface area contributed by atoms with Crippen LogP contribution < -0.4 is 10.1 Å². The van der Waals surface area contributed by atoms with Crippen molar-refractivity contribution in [2.24, 2.45) is 0 Å². The predicted molar refractivity (Wildman–Crippen MR) is 62.5 cm³/mol. The molecule has 0 aromatic heterocycles. The maximum absolute atomic E-state index is 11.9. The highest BCUT2D eigenvalue weighted by molar-refractivity contribution is 5.46. The molecule has 1 aromatic rings. The molecule has 0 aliphatic rings. The molecule has 0 bridgehead atoms. The minimum atomic E-state index is -4.67. The fourth-order valence-corrected chi connectivity index (χ4v) is 1.29. The third-order valence-electron chi connectivity index (χ3n) is 2.15. The van der Waals surface area contributed by atoms with Gasteiger partial charge in [-0.05, 0) is 44.5 Å². The first kappa shape index (κ1) is 14.6. The van der Waals surface area contributed by atoms with E-state index >= 15 is 0 Å². The molecule has 0 saturated carbocycles. The van der Waals surface area contributed by atoms with Crippen molar-refractivity contribution in [3.8, 4) is 5.75 Å². The molecule has 0 fully saturated rings. The molecular formula is C12H16F3NO2. The Labute approximate surface area is 104 Å². The van der Waals surface area contributed by atoms with Gasteiger partial charge >= 0.3 is 6.36 Å². The molecular weight excluding hydrogens is 247 g/mol. The maximum atomic E-state index is 11.9. The van der Waals surface area contributed by atoms with Gasteiger partial charge in [-0.1, -0.05) is 0 Å². The lowest BCUT2D eigenvalue weighted by Gasteiger charge is -2.17. The van der Waals surface area contributed by atoms with Crippen LogP contribution in [0, 0.1) is 0 Å². The molecule has 0 saturated heterocycles. The topological polar surface area (TPSA) is 41.5 Å². The van der Waals surface area contributed by atoms with E-state index in [2.05, 4.69) is 10.1 Å². The van der Waals surface area contributed by atoms with Crippen molar-refractivity contribution < 1.29 is 23.0 Å². The lowest BCUT2D eigenvalue weighted by Crippen LogP contribution is -2.22. The highest BCUT2D eigenvalue weighted by atomic mass is 19.4. The van der Waals surface area contributed by atoms with Crippen LogP contribution in [0.2, 0.25) is 0 Å². The molecule has 0 amide bonds. The molecule has 2 N–H and O–H groups in total. The molecule has 0 aliphatic carbocycles. The van der Waals surface area contributed by atoms with E-state index in [1.54, 1.807) is 13.8 Å². The predicted octanol–water partition coefficient (Wildman–Crippen LogP) is 3.16. The van der Waals surface area contributed by atoms with Crippen molar-refractivity contribution in [2.75, 3.05) is 11.9 Å². The molecule has 6 heteroatoms. The van der Waals surface area contributed by atoms with Gasteiger partial charge in [-0.2, -0.15) is 0 Å². The minimum Gasteiger partial charge on any atom is -0.406 e. The summed E-state index contributed by atoms with van der Waals surface area (Å²) in [4.78, 5) is 0. The fourth-order valence-electron chi connectivity index (χ4n) is 1.29. The maximum Gasteiger partial charge on any atom is 0.573 e. The van der Waals surface area contributed by atoms with Gasteiger partial charge < -0.3 is 15.2 Å². The Bertz CT molecular complexity index is 368. The molecule has 102 valence electrons. The van der Waals surface area contributed by atoms with E-state index in [1.165, 1.54) is 24.3 Å². The van der Waals surface area contributed by atoms with E-state index in [9.17, 15) is 18.3 Å². The van der Waals surface area contributed by atoms with Crippen LogP contribution in [0.1, 0.15) is 20.3 Å². The average Bonchev–Trinajstić information content (AvgIpc) is 2.16. The number of ether oxygens (including phenoxy) is 1. The van der Waals surface area contributed by atoms with E-state index in [0.717, 1.165) is 0 Å². The Morgan fingerprint density at radius 2 is 1.72 bits per heavy atom. The van der Waals surface area contributed by atoms with Gasteiger partial charge in [0, 0.05) is 12.2 Å². The quantitative estimate of drug-likeness (QED) is 0.857. The zero-order valence-electron chi connectivity index (χ0n) is 10.2. The van der Waals surface area contributed by atoms with Gasteiger partial charge in [0.25, 0.3) is 0 Å². The van der Waals surface area contributed by atoms with Crippen molar-refractivity contribution in [3.05, 3.63) is 24.3 Å². The second-order valence-corrected chi connectivity index (χ2v) is 4.56. The Morgan fingerprint density at radius 1 is 1.17 bits per heavy atom. The Kier molecular flexibility index (Phi) is 4.45. The van der Waals surface area contributed by atoms with Crippen LogP contribution in [-0.2, 0) is 0 Å². The zero-order valence-corrected chi connectivity index (χ0v) is 10.2. The van der Waals surface area contributed by atoms with Crippen molar-refractivity contribution in [2.45, 2.75) is 32.2 Å². The van der Waals surface area contributed by atoms with E-state index in [1.807, 2.05) is 0 Å². The Hall–Kier alpha value is -1.43. The van der Waals surface area contributed by atoms with Crippen LogP contribution >= 0.6 is 0 Å². The van der Waals surface area contributed by atoms with Crippen LogP contribution in [0.5, 0.6) is 5.75 Å².